The fourth-order valence-electron chi connectivity index (χ4n) is 3.30. The molecule has 0 saturated heterocycles. The van der Waals surface area contributed by atoms with Crippen LogP contribution in [0.4, 0.5) is 5.69 Å². The summed E-state index contributed by atoms with van der Waals surface area (Å²) >= 11 is 0. The lowest BCUT2D eigenvalue weighted by Crippen LogP contribution is -2.41. The van der Waals surface area contributed by atoms with Crippen LogP contribution in [0.25, 0.3) is 0 Å². The highest BCUT2D eigenvalue weighted by atomic mass is 32.2. The molecule has 9 heteroatoms. The molecule has 186 valence electrons. The number of carbonyl (C=O) groups excluding carboxylic acids is 1. The maximum atomic E-state index is 13.5. The summed E-state index contributed by atoms with van der Waals surface area (Å²) < 4.78 is 44.4. The monoisotopic (exact) mass is 498 g/mol. The average Bonchev–Trinajstić information content (AvgIpc) is 2.86. The SMILES string of the molecule is CCOc1ccc(S(=O)(=O)N(CC(=O)NCCOc2ccccc2OC)c2ccc(C)cc2)cc1. The number of para-hydroxylation sites is 2. The number of aryl methyl sites for hydroxylation is 1. The van der Waals surface area contributed by atoms with Crippen molar-refractivity contribution >= 4 is 21.6 Å². The number of hydrogen-bond acceptors (Lipinski definition) is 6. The van der Waals surface area contributed by atoms with Gasteiger partial charge in [-0.15, -0.1) is 0 Å². The van der Waals surface area contributed by atoms with Gasteiger partial charge < -0.3 is 19.5 Å². The zero-order valence-corrected chi connectivity index (χ0v) is 20.9. The Morgan fingerprint density at radius 3 is 2.20 bits per heavy atom. The lowest BCUT2D eigenvalue weighted by atomic mass is 10.2. The van der Waals surface area contributed by atoms with Gasteiger partial charge in [0.15, 0.2) is 11.5 Å². The third kappa shape index (κ3) is 6.89. The highest BCUT2D eigenvalue weighted by Gasteiger charge is 2.27. The van der Waals surface area contributed by atoms with Crippen molar-refractivity contribution < 1.29 is 27.4 Å². The van der Waals surface area contributed by atoms with Gasteiger partial charge in [0.1, 0.15) is 18.9 Å². The van der Waals surface area contributed by atoms with Crippen LogP contribution in [0, 0.1) is 6.92 Å². The lowest BCUT2D eigenvalue weighted by Gasteiger charge is -2.24. The molecule has 0 aromatic heterocycles. The van der Waals surface area contributed by atoms with E-state index < -0.39 is 15.9 Å². The first kappa shape index (κ1) is 25.9. The van der Waals surface area contributed by atoms with Crippen LogP contribution in [0.2, 0.25) is 0 Å². The number of anilines is 1. The first-order chi connectivity index (χ1) is 16.8. The molecular formula is C26H30N2O6S. The van der Waals surface area contributed by atoms with E-state index in [4.69, 9.17) is 14.2 Å². The molecule has 35 heavy (non-hydrogen) atoms. The third-order valence-electron chi connectivity index (χ3n) is 5.08. The summed E-state index contributed by atoms with van der Waals surface area (Å²) in [6.45, 7) is 4.24. The van der Waals surface area contributed by atoms with Crippen molar-refractivity contribution in [1.82, 2.24) is 5.32 Å². The van der Waals surface area contributed by atoms with E-state index in [2.05, 4.69) is 5.32 Å². The number of carbonyl (C=O) groups is 1. The molecule has 1 amide bonds. The van der Waals surface area contributed by atoms with Crippen LogP contribution >= 0.6 is 0 Å². The molecule has 3 aromatic carbocycles. The van der Waals surface area contributed by atoms with E-state index in [0.717, 1.165) is 9.87 Å². The summed E-state index contributed by atoms with van der Waals surface area (Å²) in [5.41, 5.74) is 1.37. The van der Waals surface area contributed by atoms with Gasteiger partial charge in [-0.2, -0.15) is 0 Å². The number of nitrogens with one attached hydrogen (secondary N) is 1. The standard InChI is InChI=1S/C26H30N2O6S/c1-4-33-22-13-15-23(16-14-22)35(30,31)28(21-11-9-20(2)10-12-21)19-26(29)27-17-18-34-25-8-6-5-7-24(25)32-3/h5-16H,4,17-19H2,1-3H3,(H,27,29). The molecule has 0 atom stereocenters. The van der Waals surface area contributed by atoms with Gasteiger partial charge in [-0.3, -0.25) is 9.10 Å². The van der Waals surface area contributed by atoms with Crippen molar-refractivity contribution in [2.45, 2.75) is 18.7 Å². The van der Waals surface area contributed by atoms with Crippen molar-refractivity contribution in [3.8, 4) is 17.2 Å². The molecular weight excluding hydrogens is 468 g/mol. The van der Waals surface area contributed by atoms with Gasteiger partial charge in [0.05, 0.1) is 30.8 Å². The van der Waals surface area contributed by atoms with E-state index in [-0.39, 0.29) is 24.6 Å². The van der Waals surface area contributed by atoms with Crippen LogP contribution in [0.1, 0.15) is 12.5 Å². The molecule has 1 N–H and O–H groups in total. The molecule has 0 spiro atoms. The second-order valence-electron chi connectivity index (χ2n) is 7.60. The Morgan fingerprint density at radius 1 is 0.914 bits per heavy atom. The van der Waals surface area contributed by atoms with Gasteiger partial charge in [-0.25, -0.2) is 8.42 Å². The number of ether oxygens (including phenoxy) is 3. The van der Waals surface area contributed by atoms with E-state index in [1.54, 1.807) is 55.6 Å². The Kier molecular flexibility index (Phi) is 8.97. The minimum atomic E-state index is -4.01. The van der Waals surface area contributed by atoms with Crippen molar-refractivity contribution in [3.05, 3.63) is 78.4 Å². The van der Waals surface area contributed by atoms with Gasteiger partial charge in [0.25, 0.3) is 10.0 Å². The van der Waals surface area contributed by atoms with E-state index in [0.29, 0.717) is 29.5 Å². The van der Waals surface area contributed by atoms with Crippen LogP contribution in [0.3, 0.4) is 0 Å². The lowest BCUT2D eigenvalue weighted by molar-refractivity contribution is -0.119. The zero-order valence-electron chi connectivity index (χ0n) is 20.1. The molecule has 0 heterocycles. The summed E-state index contributed by atoms with van der Waals surface area (Å²) in [4.78, 5) is 12.8. The molecule has 0 fully saturated rings. The van der Waals surface area contributed by atoms with Gasteiger partial charge in [0, 0.05) is 0 Å². The normalized spacial score (nSPS) is 10.9. The molecule has 0 bridgehead atoms. The molecule has 3 rings (SSSR count). The minimum Gasteiger partial charge on any atom is -0.494 e. The van der Waals surface area contributed by atoms with Gasteiger partial charge in [-0.1, -0.05) is 29.8 Å². The summed E-state index contributed by atoms with van der Waals surface area (Å²) in [5.74, 6) is 1.26. The third-order valence-corrected chi connectivity index (χ3v) is 6.87. The van der Waals surface area contributed by atoms with Gasteiger partial charge >= 0.3 is 0 Å². The highest BCUT2D eigenvalue weighted by molar-refractivity contribution is 7.92. The second-order valence-corrected chi connectivity index (χ2v) is 9.46. The van der Waals surface area contributed by atoms with Gasteiger partial charge in [-0.05, 0) is 62.4 Å². The molecule has 0 aliphatic heterocycles. The largest absolute Gasteiger partial charge is 0.494 e. The highest BCUT2D eigenvalue weighted by Crippen LogP contribution is 2.26. The number of rotatable bonds is 12. The van der Waals surface area contributed by atoms with E-state index in [1.807, 2.05) is 26.0 Å². The molecule has 0 unspecified atom stereocenters. The summed E-state index contributed by atoms with van der Waals surface area (Å²) in [7, 11) is -2.46. The Labute approximate surface area is 206 Å². The van der Waals surface area contributed by atoms with E-state index in [1.165, 1.54) is 12.1 Å². The number of benzene rings is 3. The molecule has 8 nitrogen and oxygen atoms in total. The predicted octanol–water partition coefficient (Wildman–Crippen LogP) is 3.79. The molecule has 3 aromatic rings. The predicted molar refractivity (Wildman–Crippen MR) is 135 cm³/mol. The minimum absolute atomic E-state index is 0.0637. The Morgan fingerprint density at radius 2 is 1.57 bits per heavy atom. The molecule has 0 aliphatic carbocycles. The Balaban J connectivity index is 1.71. The van der Waals surface area contributed by atoms with Crippen LogP contribution in [-0.4, -0.2) is 47.7 Å². The second kappa shape index (κ2) is 12.1. The van der Waals surface area contributed by atoms with Crippen LogP contribution in [-0.2, 0) is 14.8 Å². The summed E-state index contributed by atoms with van der Waals surface area (Å²) in [6.07, 6.45) is 0. The number of nitrogens with zero attached hydrogens (tertiary/aromatic N) is 1. The van der Waals surface area contributed by atoms with Crippen LogP contribution < -0.4 is 23.8 Å². The Hall–Kier alpha value is -3.72. The van der Waals surface area contributed by atoms with Crippen LogP contribution in [0.15, 0.2) is 77.7 Å². The average molecular weight is 499 g/mol. The van der Waals surface area contributed by atoms with Crippen molar-refractivity contribution in [3.63, 3.8) is 0 Å². The first-order valence-corrected chi connectivity index (χ1v) is 12.6. The van der Waals surface area contributed by atoms with Crippen LogP contribution in [0.5, 0.6) is 17.2 Å². The van der Waals surface area contributed by atoms with Crippen molar-refractivity contribution in [2.24, 2.45) is 0 Å². The molecule has 0 radical (unpaired) electrons. The Bertz CT molecular complexity index is 1210. The number of amides is 1. The molecule has 0 saturated carbocycles. The number of methoxy groups -OCH3 is 1. The molecule has 0 aliphatic rings. The van der Waals surface area contributed by atoms with Crippen molar-refractivity contribution in [1.29, 1.82) is 0 Å². The maximum absolute atomic E-state index is 13.5. The van der Waals surface area contributed by atoms with Crippen molar-refractivity contribution in [2.75, 3.05) is 37.7 Å². The fourth-order valence-corrected chi connectivity index (χ4v) is 4.72. The number of hydrogen-bond donors (Lipinski definition) is 1. The quantitative estimate of drug-likeness (QED) is 0.382. The fraction of sp³-hybridized carbons (Fsp3) is 0.269. The number of sulfonamides is 1. The maximum Gasteiger partial charge on any atom is 0.264 e. The van der Waals surface area contributed by atoms with E-state index in [9.17, 15) is 13.2 Å². The smallest absolute Gasteiger partial charge is 0.264 e. The summed E-state index contributed by atoms with van der Waals surface area (Å²) in [5, 5.41) is 2.72. The zero-order chi connectivity index (χ0) is 25.3. The van der Waals surface area contributed by atoms with Gasteiger partial charge in [0.2, 0.25) is 5.91 Å². The summed E-state index contributed by atoms with van der Waals surface area (Å²) in [6, 6.07) is 20.3. The van der Waals surface area contributed by atoms with E-state index >= 15 is 0 Å². The topological polar surface area (TPSA) is 94.2 Å². The first-order valence-electron chi connectivity index (χ1n) is 11.2.